The van der Waals surface area contributed by atoms with Crippen LogP contribution in [-0.2, 0) is 9.84 Å². The zero-order chi connectivity index (χ0) is 22.7. The van der Waals surface area contributed by atoms with E-state index in [-0.39, 0.29) is 10.8 Å². The maximum absolute atomic E-state index is 12.9. The molecule has 3 aromatic rings. The summed E-state index contributed by atoms with van der Waals surface area (Å²) in [6, 6.07) is 14.4. The number of carbonyl (C=O) groups excluding carboxylic acids is 1. The van der Waals surface area contributed by atoms with Crippen LogP contribution in [0, 0.1) is 0 Å². The summed E-state index contributed by atoms with van der Waals surface area (Å²) in [5.74, 6) is 0.734. The molecule has 8 nitrogen and oxygen atoms in total. The Morgan fingerprint density at radius 3 is 2.28 bits per heavy atom. The number of rotatable bonds is 6. The van der Waals surface area contributed by atoms with Crippen molar-refractivity contribution in [2.75, 3.05) is 49.8 Å². The van der Waals surface area contributed by atoms with E-state index >= 15 is 0 Å². The van der Waals surface area contributed by atoms with E-state index in [2.05, 4.69) is 15.2 Å². The first kappa shape index (κ1) is 22.1. The van der Waals surface area contributed by atoms with Gasteiger partial charge in [0.2, 0.25) is 0 Å². The van der Waals surface area contributed by atoms with Crippen LogP contribution in [-0.4, -0.2) is 63.8 Å². The van der Waals surface area contributed by atoms with E-state index in [1.54, 1.807) is 36.8 Å². The minimum atomic E-state index is -3.24. The fourth-order valence-corrected chi connectivity index (χ4v) is 4.80. The molecule has 0 unspecified atom stereocenters. The van der Waals surface area contributed by atoms with Gasteiger partial charge in [0, 0.05) is 49.2 Å². The van der Waals surface area contributed by atoms with Gasteiger partial charge < -0.3 is 19.9 Å². The number of amides is 1. The van der Waals surface area contributed by atoms with Crippen LogP contribution in [0.5, 0.6) is 5.75 Å². The van der Waals surface area contributed by atoms with Crippen LogP contribution in [0.15, 0.2) is 58.8 Å². The molecule has 0 bridgehead atoms. The molecule has 1 aliphatic heterocycles. The third kappa shape index (κ3) is 5.03. The first-order valence-corrected chi connectivity index (χ1v) is 12.8. The second-order valence-electron chi connectivity index (χ2n) is 7.44. The van der Waals surface area contributed by atoms with Gasteiger partial charge >= 0.3 is 0 Å². The molecule has 1 fully saturated rings. The molecule has 0 atom stereocenters. The van der Waals surface area contributed by atoms with Crippen LogP contribution in [0.25, 0.3) is 0 Å². The van der Waals surface area contributed by atoms with Gasteiger partial charge in [0.25, 0.3) is 5.91 Å². The Balaban J connectivity index is 1.34. The van der Waals surface area contributed by atoms with Crippen LogP contribution in [0.1, 0.15) is 10.5 Å². The van der Waals surface area contributed by atoms with Gasteiger partial charge in [-0.15, -0.1) is 11.3 Å². The van der Waals surface area contributed by atoms with Crippen LogP contribution >= 0.6 is 11.3 Å². The molecule has 0 spiro atoms. The zero-order valence-corrected chi connectivity index (χ0v) is 19.4. The number of methoxy groups -OCH3 is 1. The number of piperazine rings is 1. The number of ether oxygens (including phenoxy) is 1. The molecule has 168 valence electrons. The van der Waals surface area contributed by atoms with Crippen LogP contribution in [0.3, 0.4) is 0 Å². The Labute approximate surface area is 191 Å². The molecular formula is C22H24N4O4S2. The highest BCUT2D eigenvalue weighted by Crippen LogP contribution is 2.24. The lowest BCUT2D eigenvalue weighted by molar-refractivity contribution is 0.0742. The van der Waals surface area contributed by atoms with Crippen LogP contribution in [0.2, 0.25) is 0 Å². The third-order valence-electron chi connectivity index (χ3n) is 5.26. The van der Waals surface area contributed by atoms with Gasteiger partial charge in [0.1, 0.15) is 11.4 Å². The lowest BCUT2D eigenvalue weighted by Crippen LogP contribution is -2.48. The molecule has 1 aromatic heterocycles. The largest absolute Gasteiger partial charge is 0.497 e. The number of benzene rings is 2. The third-order valence-corrected chi connectivity index (χ3v) is 7.15. The summed E-state index contributed by atoms with van der Waals surface area (Å²) in [6.07, 6.45) is 1.17. The molecule has 0 aliphatic carbocycles. The fraction of sp³-hybridized carbons (Fsp3) is 0.273. The average molecular weight is 473 g/mol. The molecule has 1 N–H and O–H groups in total. The molecule has 32 heavy (non-hydrogen) atoms. The van der Waals surface area contributed by atoms with Gasteiger partial charge in [-0.2, -0.15) is 0 Å². The summed E-state index contributed by atoms with van der Waals surface area (Å²) in [5, 5.41) is 5.44. The highest BCUT2D eigenvalue weighted by molar-refractivity contribution is 7.90. The SMILES string of the molecule is COc1ccc(N2CCN(C(=O)c3csc(Nc4ccc(S(C)(=O)=O)cc4)n3)CC2)cc1. The number of nitrogens with one attached hydrogen (secondary N) is 1. The number of anilines is 3. The van der Waals surface area contributed by atoms with E-state index in [9.17, 15) is 13.2 Å². The van der Waals surface area contributed by atoms with Crippen molar-refractivity contribution in [2.45, 2.75) is 4.90 Å². The number of carbonyl (C=O) groups is 1. The van der Waals surface area contributed by atoms with E-state index in [4.69, 9.17) is 4.74 Å². The number of thiazole rings is 1. The predicted octanol–water partition coefficient (Wildman–Crippen LogP) is 3.26. The predicted molar refractivity (Wildman–Crippen MR) is 126 cm³/mol. The van der Waals surface area contributed by atoms with Crippen molar-refractivity contribution in [3.8, 4) is 5.75 Å². The van der Waals surface area contributed by atoms with Crippen LogP contribution < -0.4 is 15.0 Å². The van der Waals surface area contributed by atoms with E-state index in [1.807, 2.05) is 29.2 Å². The lowest BCUT2D eigenvalue weighted by atomic mass is 10.2. The van der Waals surface area contributed by atoms with Crippen molar-refractivity contribution in [3.63, 3.8) is 0 Å². The summed E-state index contributed by atoms with van der Waals surface area (Å²) in [7, 11) is -1.59. The van der Waals surface area contributed by atoms with Crippen molar-refractivity contribution < 1.29 is 17.9 Å². The van der Waals surface area contributed by atoms with E-state index in [0.29, 0.717) is 29.6 Å². The molecule has 1 amide bonds. The van der Waals surface area contributed by atoms with Crippen molar-refractivity contribution in [1.82, 2.24) is 9.88 Å². The standard InChI is InChI=1S/C22H24N4O4S2/c1-30-18-7-5-17(6-8-18)25-11-13-26(14-12-25)21(27)20-15-31-22(24-20)23-16-3-9-19(10-4-16)32(2,28)29/h3-10,15H,11-14H2,1-2H3,(H,23,24). The second kappa shape index (κ2) is 9.17. The van der Waals surface area contributed by atoms with E-state index in [0.717, 1.165) is 24.5 Å². The number of hydrogen-bond donors (Lipinski definition) is 1. The van der Waals surface area contributed by atoms with E-state index < -0.39 is 9.84 Å². The Hall–Kier alpha value is -3.11. The Kier molecular flexibility index (Phi) is 6.33. The van der Waals surface area contributed by atoms with Gasteiger partial charge in [0.15, 0.2) is 15.0 Å². The summed E-state index contributed by atoms with van der Waals surface area (Å²) < 4.78 is 28.4. The summed E-state index contributed by atoms with van der Waals surface area (Å²) in [5.41, 5.74) is 2.22. The van der Waals surface area contributed by atoms with Crippen molar-refractivity contribution in [1.29, 1.82) is 0 Å². The maximum Gasteiger partial charge on any atom is 0.273 e. The summed E-state index contributed by atoms with van der Waals surface area (Å²) >= 11 is 1.34. The summed E-state index contributed by atoms with van der Waals surface area (Å²) in [6.45, 7) is 2.75. The maximum atomic E-state index is 12.9. The first-order valence-electron chi connectivity index (χ1n) is 10.0. The lowest BCUT2D eigenvalue weighted by Gasteiger charge is -2.35. The van der Waals surface area contributed by atoms with Gasteiger partial charge in [-0.1, -0.05) is 0 Å². The zero-order valence-electron chi connectivity index (χ0n) is 17.8. The van der Waals surface area contributed by atoms with Crippen molar-refractivity contribution >= 4 is 43.6 Å². The minimum Gasteiger partial charge on any atom is -0.497 e. The fourth-order valence-electron chi connectivity index (χ4n) is 3.46. The van der Waals surface area contributed by atoms with Gasteiger partial charge in [0.05, 0.1) is 12.0 Å². The molecule has 0 saturated carbocycles. The molecule has 2 heterocycles. The Morgan fingerprint density at radius 1 is 1.03 bits per heavy atom. The monoisotopic (exact) mass is 472 g/mol. The number of sulfone groups is 1. The molecular weight excluding hydrogens is 448 g/mol. The smallest absolute Gasteiger partial charge is 0.273 e. The van der Waals surface area contributed by atoms with Gasteiger partial charge in [-0.25, -0.2) is 13.4 Å². The van der Waals surface area contributed by atoms with Crippen molar-refractivity contribution in [2.24, 2.45) is 0 Å². The number of nitrogens with zero attached hydrogens (tertiary/aromatic N) is 3. The molecule has 4 rings (SSSR count). The van der Waals surface area contributed by atoms with Gasteiger partial charge in [-0.05, 0) is 48.5 Å². The van der Waals surface area contributed by atoms with Crippen molar-refractivity contribution in [3.05, 3.63) is 59.6 Å². The highest BCUT2D eigenvalue weighted by Gasteiger charge is 2.24. The normalized spacial score (nSPS) is 14.3. The highest BCUT2D eigenvalue weighted by atomic mass is 32.2. The molecule has 0 radical (unpaired) electrons. The molecule has 1 saturated heterocycles. The number of aromatic nitrogens is 1. The average Bonchev–Trinajstić information content (AvgIpc) is 3.27. The Bertz CT molecular complexity index is 1180. The molecule has 10 heteroatoms. The minimum absolute atomic E-state index is 0.0869. The topological polar surface area (TPSA) is 91.8 Å². The number of hydrogen-bond acceptors (Lipinski definition) is 8. The molecule has 2 aromatic carbocycles. The quantitative estimate of drug-likeness (QED) is 0.589. The first-order chi connectivity index (χ1) is 15.3. The van der Waals surface area contributed by atoms with E-state index in [1.165, 1.54) is 17.6 Å². The Morgan fingerprint density at radius 2 is 1.69 bits per heavy atom. The van der Waals surface area contributed by atoms with Crippen LogP contribution in [0.4, 0.5) is 16.5 Å². The van der Waals surface area contributed by atoms with Gasteiger partial charge in [-0.3, -0.25) is 4.79 Å². The molecule has 1 aliphatic rings. The second-order valence-corrected chi connectivity index (χ2v) is 10.3. The summed E-state index contributed by atoms with van der Waals surface area (Å²) in [4.78, 5) is 21.6.